The van der Waals surface area contributed by atoms with Crippen LogP contribution in [0.15, 0.2) is 64.5 Å². The largest absolute Gasteiger partial charge is 0.508 e. The molecule has 7 nitrogen and oxygen atoms in total. The first kappa shape index (κ1) is 23.0. The minimum atomic E-state index is -1.81. The molecule has 0 fully saturated rings. The summed E-state index contributed by atoms with van der Waals surface area (Å²) in [4.78, 5) is 24.4. The van der Waals surface area contributed by atoms with Gasteiger partial charge in [-0.2, -0.15) is 0 Å². The third-order valence-corrected chi connectivity index (χ3v) is 6.13. The number of hydrogen-bond acceptors (Lipinski definition) is 7. The Balaban J connectivity index is 1.91. The molecule has 0 radical (unpaired) electrons. The second-order valence-corrected chi connectivity index (χ2v) is 9.59. The van der Waals surface area contributed by atoms with Crippen molar-refractivity contribution >= 4 is 12.3 Å². The van der Waals surface area contributed by atoms with E-state index in [0.717, 1.165) is 6.29 Å². The Labute approximate surface area is 192 Å². The standard InChI is InChI=1S/C26H28O7/c1-25(2,3)24(30)32-18-7-9-22-21(12-18)26(31,19-8-6-17(29)11-23(19)33-22)20-10-15(13-27)4-5-16(20)14-28/h6,8-12,14,18,27,29,31H,4-5,7,13H2,1-3H3. The van der Waals surface area contributed by atoms with Crippen molar-refractivity contribution < 1.29 is 34.4 Å². The number of aldehydes is 1. The van der Waals surface area contributed by atoms with Gasteiger partial charge in [0.15, 0.2) is 0 Å². The minimum absolute atomic E-state index is 0.0308. The van der Waals surface area contributed by atoms with Gasteiger partial charge in [0.05, 0.1) is 12.0 Å². The third kappa shape index (κ3) is 4.03. The molecule has 0 saturated carbocycles. The Bertz CT molecular complexity index is 1130. The van der Waals surface area contributed by atoms with Crippen molar-refractivity contribution in [1.82, 2.24) is 0 Å². The molecule has 2 atom stereocenters. The Morgan fingerprint density at radius 2 is 2.06 bits per heavy atom. The van der Waals surface area contributed by atoms with Gasteiger partial charge in [0.2, 0.25) is 0 Å². The van der Waals surface area contributed by atoms with Crippen LogP contribution >= 0.6 is 0 Å². The van der Waals surface area contributed by atoms with E-state index in [0.29, 0.717) is 52.9 Å². The van der Waals surface area contributed by atoms with E-state index in [1.807, 2.05) is 0 Å². The molecule has 33 heavy (non-hydrogen) atoms. The molecular weight excluding hydrogens is 424 g/mol. The maximum absolute atomic E-state index is 12.5. The van der Waals surface area contributed by atoms with Crippen LogP contribution in [0, 0.1) is 5.41 Å². The fraction of sp³-hybridized carbons (Fsp3) is 0.385. The lowest BCUT2D eigenvalue weighted by atomic mass is 9.71. The first-order chi connectivity index (χ1) is 15.6. The molecule has 3 aliphatic rings. The predicted octanol–water partition coefficient (Wildman–Crippen LogP) is 3.35. The van der Waals surface area contributed by atoms with Crippen molar-refractivity contribution in [1.29, 1.82) is 0 Å². The molecule has 7 heteroatoms. The number of carbonyl (C=O) groups is 2. The van der Waals surface area contributed by atoms with E-state index in [1.54, 1.807) is 45.1 Å². The van der Waals surface area contributed by atoms with Crippen LogP contribution in [0.5, 0.6) is 11.5 Å². The number of fused-ring (bicyclic) bond motifs is 2. The number of phenols is 1. The zero-order chi connectivity index (χ0) is 24.0. The maximum Gasteiger partial charge on any atom is 0.311 e. The van der Waals surface area contributed by atoms with Crippen LogP contribution in [-0.2, 0) is 19.9 Å². The molecule has 4 rings (SSSR count). The summed E-state index contributed by atoms with van der Waals surface area (Å²) in [5, 5.41) is 32.0. The molecule has 1 aliphatic heterocycles. The molecular formula is C26H28O7. The van der Waals surface area contributed by atoms with E-state index < -0.39 is 17.1 Å². The highest BCUT2D eigenvalue weighted by Gasteiger charge is 2.48. The number of aliphatic hydroxyl groups is 2. The second kappa shape index (κ2) is 8.32. The summed E-state index contributed by atoms with van der Waals surface area (Å²) in [5.41, 5.74) is -0.376. The third-order valence-electron chi connectivity index (χ3n) is 6.13. The summed E-state index contributed by atoms with van der Waals surface area (Å²) in [6.07, 6.45) is 6.36. The summed E-state index contributed by atoms with van der Waals surface area (Å²) in [7, 11) is 0. The topological polar surface area (TPSA) is 113 Å². The van der Waals surface area contributed by atoms with Gasteiger partial charge in [-0.05, 0) is 74.6 Å². The monoisotopic (exact) mass is 452 g/mol. The van der Waals surface area contributed by atoms with E-state index in [4.69, 9.17) is 9.47 Å². The Hall–Kier alpha value is -3.16. The fourth-order valence-corrected chi connectivity index (χ4v) is 4.29. The number of rotatable bonds is 4. The van der Waals surface area contributed by atoms with Gasteiger partial charge in [-0.3, -0.25) is 9.59 Å². The molecule has 3 N–H and O–H groups in total. The predicted molar refractivity (Wildman–Crippen MR) is 120 cm³/mol. The second-order valence-electron chi connectivity index (χ2n) is 9.59. The number of carbonyl (C=O) groups excluding carboxylic acids is 2. The highest BCUT2D eigenvalue weighted by Crippen LogP contribution is 2.53. The van der Waals surface area contributed by atoms with Gasteiger partial charge in [0.1, 0.15) is 35.2 Å². The summed E-state index contributed by atoms with van der Waals surface area (Å²) >= 11 is 0. The Morgan fingerprint density at radius 3 is 2.73 bits per heavy atom. The van der Waals surface area contributed by atoms with Crippen molar-refractivity contribution in [2.75, 3.05) is 6.61 Å². The van der Waals surface area contributed by atoms with E-state index in [9.17, 15) is 24.9 Å². The average molecular weight is 453 g/mol. The molecule has 1 aromatic carbocycles. The summed E-state index contributed by atoms with van der Waals surface area (Å²) in [6.45, 7) is 5.09. The SMILES string of the molecule is CC(C)(C)C(=O)OC1C=C2C(=CC1)Oc1cc(O)ccc1C2(O)C1=C(C=O)CCC(CO)=C1. The normalized spacial score (nSPS) is 24.5. The lowest BCUT2D eigenvalue weighted by Gasteiger charge is -2.42. The van der Waals surface area contributed by atoms with Gasteiger partial charge in [-0.25, -0.2) is 0 Å². The van der Waals surface area contributed by atoms with Gasteiger partial charge in [0, 0.05) is 23.6 Å². The number of aliphatic hydroxyl groups excluding tert-OH is 1. The minimum Gasteiger partial charge on any atom is -0.508 e. The number of benzene rings is 1. The number of ether oxygens (including phenoxy) is 2. The van der Waals surface area contributed by atoms with Crippen molar-refractivity contribution in [3.05, 3.63) is 70.0 Å². The van der Waals surface area contributed by atoms with Gasteiger partial charge in [-0.1, -0.05) is 6.08 Å². The lowest BCUT2D eigenvalue weighted by Crippen LogP contribution is -2.40. The van der Waals surface area contributed by atoms with Crippen LogP contribution in [0.4, 0.5) is 0 Å². The van der Waals surface area contributed by atoms with Gasteiger partial charge >= 0.3 is 5.97 Å². The quantitative estimate of drug-likeness (QED) is 0.474. The smallest absolute Gasteiger partial charge is 0.311 e. The summed E-state index contributed by atoms with van der Waals surface area (Å²) in [5.74, 6) is 0.214. The molecule has 0 saturated heterocycles. The Kier molecular flexibility index (Phi) is 5.80. The maximum atomic E-state index is 12.5. The van der Waals surface area contributed by atoms with Crippen LogP contribution in [0.3, 0.4) is 0 Å². The van der Waals surface area contributed by atoms with E-state index in [-0.39, 0.29) is 24.1 Å². The molecule has 1 heterocycles. The van der Waals surface area contributed by atoms with Gasteiger partial charge < -0.3 is 24.8 Å². The Morgan fingerprint density at radius 1 is 1.30 bits per heavy atom. The molecule has 0 amide bonds. The first-order valence-corrected chi connectivity index (χ1v) is 10.9. The van der Waals surface area contributed by atoms with Crippen molar-refractivity contribution in [3.8, 4) is 11.5 Å². The first-order valence-electron chi connectivity index (χ1n) is 10.9. The molecule has 174 valence electrons. The summed E-state index contributed by atoms with van der Waals surface area (Å²) in [6, 6.07) is 4.39. The average Bonchev–Trinajstić information content (AvgIpc) is 2.78. The summed E-state index contributed by atoms with van der Waals surface area (Å²) < 4.78 is 11.7. The van der Waals surface area contributed by atoms with Crippen LogP contribution in [0.2, 0.25) is 0 Å². The van der Waals surface area contributed by atoms with Crippen molar-refractivity contribution in [2.45, 2.75) is 51.7 Å². The number of hydrogen-bond donors (Lipinski definition) is 3. The highest BCUT2D eigenvalue weighted by atomic mass is 16.5. The number of esters is 1. The molecule has 2 unspecified atom stereocenters. The highest BCUT2D eigenvalue weighted by molar-refractivity contribution is 5.80. The number of allylic oxidation sites excluding steroid dienone is 1. The number of phenolic OH excluding ortho intramolecular Hbond substituents is 1. The van der Waals surface area contributed by atoms with Gasteiger partial charge in [-0.15, -0.1) is 0 Å². The van der Waals surface area contributed by atoms with Crippen LogP contribution in [0.25, 0.3) is 0 Å². The van der Waals surface area contributed by atoms with Crippen molar-refractivity contribution in [3.63, 3.8) is 0 Å². The van der Waals surface area contributed by atoms with Crippen LogP contribution in [-0.4, -0.2) is 40.3 Å². The number of aromatic hydroxyl groups is 1. The van der Waals surface area contributed by atoms with E-state index in [2.05, 4.69) is 0 Å². The van der Waals surface area contributed by atoms with E-state index in [1.165, 1.54) is 12.1 Å². The molecule has 1 aromatic rings. The molecule has 0 spiro atoms. The molecule has 0 aromatic heterocycles. The zero-order valence-corrected chi connectivity index (χ0v) is 18.9. The van der Waals surface area contributed by atoms with Gasteiger partial charge in [0.25, 0.3) is 0 Å². The van der Waals surface area contributed by atoms with E-state index >= 15 is 0 Å². The van der Waals surface area contributed by atoms with Crippen LogP contribution < -0.4 is 4.74 Å². The van der Waals surface area contributed by atoms with Crippen molar-refractivity contribution in [2.24, 2.45) is 5.41 Å². The zero-order valence-electron chi connectivity index (χ0n) is 18.9. The molecule has 2 aliphatic carbocycles. The van der Waals surface area contributed by atoms with Crippen LogP contribution in [0.1, 0.15) is 45.6 Å². The fourth-order valence-electron chi connectivity index (χ4n) is 4.29. The molecule has 0 bridgehead atoms. The lowest BCUT2D eigenvalue weighted by molar-refractivity contribution is -0.156.